The Morgan fingerprint density at radius 2 is 2.00 bits per heavy atom. The highest BCUT2D eigenvalue weighted by molar-refractivity contribution is 8.00. The molecule has 0 rings (SSSR count). The first kappa shape index (κ1) is 14.8. The Balaban J connectivity index is 4.36. The average molecular weight is 244 g/mol. The summed E-state index contributed by atoms with van der Waals surface area (Å²) in [5.41, 5.74) is -1.18. The molecule has 0 saturated carbocycles. The number of amides is 1. The minimum Gasteiger partial charge on any atom is -0.480 e. The fourth-order valence-electron chi connectivity index (χ4n) is 1.28. The molecule has 0 aliphatic rings. The number of nitrogens with zero attached hydrogens (tertiary/aromatic N) is 1. The lowest BCUT2D eigenvalue weighted by atomic mass is 9.93. The highest BCUT2D eigenvalue weighted by atomic mass is 32.2. The standard InChI is InChI=1S/C10H16N2O3S/c1-3-10(4-2,9(14)15)12-8(13)7-16-6-5-11/h3-4,6-7H2,1-2H3,(H,12,13)(H,14,15). The van der Waals surface area contributed by atoms with Crippen LogP contribution in [-0.4, -0.2) is 34.0 Å². The van der Waals surface area contributed by atoms with Gasteiger partial charge < -0.3 is 10.4 Å². The number of nitrogens with one attached hydrogen (secondary N) is 1. The zero-order chi connectivity index (χ0) is 12.6. The lowest BCUT2D eigenvalue weighted by molar-refractivity contribution is -0.147. The summed E-state index contributed by atoms with van der Waals surface area (Å²) in [5.74, 6) is -1.02. The number of thioether (sulfide) groups is 1. The van der Waals surface area contributed by atoms with Crippen molar-refractivity contribution in [2.24, 2.45) is 0 Å². The Morgan fingerprint density at radius 1 is 1.44 bits per heavy atom. The predicted molar refractivity (Wildman–Crippen MR) is 62.0 cm³/mol. The molecule has 0 spiro atoms. The molecule has 0 radical (unpaired) electrons. The molecule has 0 aliphatic carbocycles. The van der Waals surface area contributed by atoms with Crippen molar-refractivity contribution in [3.8, 4) is 6.07 Å². The monoisotopic (exact) mass is 244 g/mol. The van der Waals surface area contributed by atoms with Gasteiger partial charge >= 0.3 is 5.97 Å². The van der Waals surface area contributed by atoms with Crippen LogP contribution >= 0.6 is 11.8 Å². The molecule has 1 amide bonds. The second kappa shape index (κ2) is 7.12. The van der Waals surface area contributed by atoms with Gasteiger partial charge in [0.15, 0.2) is 0 Å². The van der Waals surface area contributed by atoms with E-state index in [0.29, 0.717) is 12.8 Å². The van der Waals surface area contributed by atoms with Gasteiger partial charge in [-0.2, -0.15) is 5.26 Å². The fourth-order valence-corrected chi connectivity index (χ4v) is 1.73. The van der Waals surface area contributed by atoms with Crippen molar-refractivity contribution in [1.29, 1.82) is 5.26 Å². The summed E-state index contributed by atoms with van der Waals surface area (Å²) in [6, 6.07) is 1.90. The second-order valence-electron chi connectivity index (χ2n) is 3.29. The molecular formula is C10H16N2O3S. The maximum absolute atomic E-state index is 11.5. The molecule has 90 valence electrons. The highest BCUT2D eigenvalue weighted by Gasteiger charge is 2.36. The number of carboxylic acids is 1. The van der Waals surface area contributed by atoms with Crippen LogP contribution in [0.4, 0.5) is 0 Å². The first-order valence-electron chi connectivity index (χ1n) is 5.01. The molecule has 0 aromatic rings. The molecule has 0 fully saturated rings. The van der Waals surface area contributed by atoms with Crippen molar-refractivity contribution in [2.45, 2.75) is 32.2 Å². The number of carbonyl (C=O) groups is 2. The molecule has 16 heavy (non-hydrogen) atoms. The van der Waals surface area contributed by atoms with Crippen LogP contribution in [0, 0.1) is 11.3 Å². The topological polar surface area (TPSA) is 90.2 Å². The Morgan fingerprint density at radius 3 is 2.38 bits per heavy atom. The maximum atomic E-state index is 11.5. The third-order valence-corrected chi connectivity index (χ3v) is 3.19. The van der Waals surface area contributed by atoms with Gasteiger partial charge in [0.1, 0.15) is 5.54 Å². The molecular weight excluding hydrogens is 228 g/mol. The summed E-state index contributed by atoms with van der Waals surface area (Å²) in [5, 5.41) is 19.9. The second-order valence-corrected chi connectivity index (χ2v) is 4.28. The minimum atomic E-state index is -1.18. The molecule has 0 bridgehead atoms. The third-order valence-electron chi connectivity index (χ3n) is 2.39. The van der Waals surface area contributed by atoms with E-state index in [0.717, 1.165) is 0 Å². The van der Waals surface area contributed by atoms with Crippen LogP contribution in [0.3, 0.4) is 0 Å². The lowest BCUT2D eigenvalue weighted by Gasteiger charge is -2.27. The molecule has 0 aliphatic heterocycles. The van der Waals surface area contributed by atoms with Gasteiger partial charge in [0.2, 0.25) is 5.91 Å². The van der Waals surface area contributed by atoms with Gasteiger partial charge in [0, 0.05) is 0 Å². The van der Waals surface area contributed by atoms with Crippen LogP contribution in [0.15, 0.2) is 0 Å². The van der Waals surface area contributed by atoms with Crippen molar-refractivity contribution in [3.05, 3.63) is 0 Å². The summed E-state index contributed by atoms with van der Waals surface area (Å²) in [4.78, 5) is 22.5. The summed E-state index contributed by atoms with van der Waals surface area (Å²) < 4.78 is 0. The minimum absolute atomic E-state index is 0.114. The predicted octanol–water partition coefficient (Wildman–Crippen LogP) is 1.00. The maximum Gasteiger partial charge on any atom is 0.329 e. The van der Waals surface area contributed by atoms with E-state index in [1.807, 2.05) is 6.07 Å². The number of aliphatic carboxylic acids is 1. The van der Waals surface area contributed by atoms with Crippen LogP contribution in [0.5, 0.6) is 0 Å². The zero-order valence-electron chi connectivity index (χ0n) is 9.45. The van der Waals surface area contributed by atoms with E-state index in [2.05, 4.69) is 5.32 Å². The van der Waals surface area contributed by atoms with E-state index in [1.54, 1.807) is 13.8 Å². The number of carbonyl (C=O) groups excluding carboxylic acids is 1. The highest BCUT2D eigenvalue weighted by Crippen LogP contribution is 2.15. The van der Waals surface area contributed by atoms with Gasteiger partial charge in [-0.25, -0.2) is 4.79 Å². The largest absolute Gasteiger partial charge is 0.480 e. The molecule has 0 aromatic carbocycles. The SMILES string of the molecule is CCC(CC)(NC(=O)CSCC#N)C(=O)O. The summed E-state index contributed by atoms with van der Waals surface area (Å²) in [6.45, 7) is 3.45. The smallest absolute Gasteiger partial charge is 0.329 e. The Hall–Kier alpha value is -1.22. The van der Waals surface area contributed by atoms with Crippen LogP contribution < -0.4 is 5.32 Å². The quantitative estimate of drug-likeness (QED) is 0.652. The molecule has 6 heteroatoms. The van der Waals surface area contributed by atoms with Crippen LogP contribution in [0.25, 0.3) is 0 Å². The Bertz CT molecular complexity index is 295. The lowest BCUT2D eigenvalue weighted by Crippen LogP contribution is -2.54. The summed E-state index contributed by atoms with van der Waals surface area (Å²) in [7, 11) is 0. The van der Waals surface area contributed by atoms with Crippen molar-refractivity contribution >= 4 is 23.6 Å². The number of hydrogen-bond acceptors (Lipinski definition) is 4. The van der Waals surface area contributed by atoms with E-state index >= 15 is 0 Å². The van der Waals surface area contributed by atoms with E-state index in [9.17, 15) is 9.59 Å². The average Bonchev–Trinajstić information content (AvgIpc) is 2.26. The normalized spacial score (nSPS) is 10.6. The van der Waals surface area contributed by atoms with Crippen molar-refractivity contribution in [1.82, 2.24) is 5.32 Å². The number of carboxylic acid groups (broad SMARTS) is 1. The van der Waals surface area contributed by atoms with E-state index in [4.69, 9.17) is 10.4 Å². The summed E-state index contributed by atoms with van der Waals surface area (Å²) >= 11 is 1.17. The summed E-state index contributed by atoms with van der Waals surface area (Å²) in [6.07, 6.45) is 0.682. The van der Waals surface area contributed by atoms with E-state index in [1.165, 1.54) is 11.8 Å². The van der Waals surface area contributed by atoms with Crippen molar-refractivity contribution < 1.29 is 14.7 Å². The van der Waals surface area contributed by atoms with Crippen LogP contribution in [-0.2, 0) is 9.59 Å². The third kappa shape index (κ3) is 4.11. The van der Waals surface area contributed by atoms with Crippen molar-refractivity contribution in [2.75, 3.05) is 11.5 Å². The molecule has 0 unspecified atom stereocenters. The molecule has 0 aromatic heterocycles. The van der Waals surface area contributed by atoms with Gasteiger partial charge in [-0.1, -0.05) is 13.8 Å². The number of nitriles is 1. The molecule has 2 N–H and O–H groups in total. The first-order valence-corrected chi connectivity index (χ1v) is 6.17. The molecule has 0 saturated heterocycles. The van der Waals surface area contributed by atoms with Gasteiger partial charge in [-0.3, -0.25) is 4.79 Å². The number of rotatable bonds is 7. The molecule has 5 nitrogen and oxygen atoms in total. The van der Waals surface area contributed by atoms with Gasteiger partial charge in [0.25, 0.3) is 0 Å². The first-order chi connectivity index (χ1) is 7.52. The Labute approximate surface area is 99.2 Å². The van der Waals surface area contributed by atoms with Crippen LogP contribution in [0.1, 0.15) is 26.7 Å². The van der Waals surface area contributed by atoms with Crippen molar-refractivity contribution in [3.63, 3.8) is 0 Å². The molecule has 0 atom stereocenters. The fraction of sp³-hybridized carbons (Fsp3) is 0.700. The van der Waals surface area contributed by atoms with Gasteiger partial charge in [-0.15, -0.1) is 11.8 Å². The number of hydrogen-bond donors (Lipinski definition) is 2. The molecule has 0 heterocycles. The van der Waals surface area contributed by atoms with Gasteiger partial charge in [0.05, 0.1) is 17.6 Å². The van der Waals surface area contributed by atoms with Gasteiger partial charge in [-0.05, 0) is 12.8 Å². The van der Waals surface area contributed by atoms with Crippen LogP contribution in [0.2, 0.25) is 0 Å². The zero-order valence-corrected chi connectivity index (χ0v) is 10.3. The van der Waals surface area contributed by atoms with E-state index in [-0.39, 0.29) is 17.4 Å². The Kier molecular flexibility index (Phi) is 6.58. The van der Waals surface area contributed by atoms with E-state index < -0.39 is 11.5 Å².